The van der Waals surface area contributed by atoms with Gasteiger partial charge in [-0.2, -0.15) is 0 Å². The van der Waals surface area contributed by atoms with Gasteiger partial charge in [0.05, 0.1) is 0 Å². The molecule has 0 aliphatic heterocycles. The minimum atomic E-state index is 0.306. The van der Waals surface area contributed by atoms with Crippen molar-refractivity contribution in [2.45, 2.75) is 39.8 Å². The molecule has 0 aliphatic carbocycles. The molecule has 0 radical (unpaired) electrons. The second-order valence-electron chi connectivity index (χ2n) is 4.17. The second-order valence-corrected chi connectivity index (χ2v) is 4.17. The van der Waals surface area contributed by atoms with Crippen LogP contribution in [0.3, 0.4) is 0 Å². The molecule has 1 nitrogen and oxygen atoms in total. The molecule has 1 atom stereocenters. The zero-order valence-corrected chi connectivity index (χ0v) is 9.67. The third-order valence-electron chi connectivity index (χ3n) is 2.60. The summed E-state index contributed by atoms with van der Waals surface area (Å²) in [6.07, 6.45) is 1.97. The van der Waals surface area contributed by atoms with Crippen molar-refractivity contribution in [3.63, 3.8) is 0 Å². The summed E-state index contributed by atoms with van der Waals surface area (Å²) >= 11 is 0. The van der Waals surface area contributed by atoms with Crippen LogP contribution in [0.15, 0.2) is 24.8 Å². The van der Waals surface area contributed by atoms with E-state index in [0.29, 0.717) is 18.0 Å². The third-order valence-corrected chi connectivity index (χ3v) is 2.60. The van der Waals surface area contributed by atoms with Crippen molar-refractivity contribution in [1.29, 1.82) is 0 Å². The van der Waals surface area contributed by atoms with Crippen molar-refractivity contribution in [2.24, 2.45) is 5.92 Å². The molecule has 0 rings (SSSR count). The molecule has 0 N–H and O–H groups in total. The topological polar surface area (TPSA) is 3.24 Å². The lowest BCUT2D eigenvalue weighted by atomic mass is 9.96. The van der Waals surface area contributed by atoms with Crippen LogP contribution in [-0.4, -0.2) is 24.0 Å². The third kappa shape index (κ3) is 3.35. The summed E-state index contributed by atoms with van der Waals surface area (Å²) in [5.41, 5.74) is 1.24. The molecule has 0 saturated carbocycles. The summed E-state index contributed by atoms with van der Waals surface area (Å²) in [7, 11) is 2.12. The molecular weight excluding hydrogens is 158 g/mol. The SMILES string of the molecule is C=CC(C(=C)C(C)C)N(C)C(C)C. The van der Waals surface area contributed by atoms with Crippen molar-refractivity contribution in [3.05, 3.63) is 24.8 Å². The minimum Gasteiger partial charge on any atom is -0.294 e. The summed E-state index contributed by atoms with van der Waals surface area (Å²) in [6.45, 7) is 16.7. The van der Waals surface area contributed by atoms with Crippen LogP contribution in [0.1, 0.15) is 27.7 Å². The fourth-order valence-corrected chi connectivity index (χ4v) is 1.24. The number of likely N-dealkylation sites (N-methyl/N-ethyl adjacent to an activating group) is 1. The van der Waals surface area contributed by atoms with Crippen LogP contribution in [0.5, 0.6) is 0 Å². The summed E-state index contributed by atoms with van der Waals surface area (Å²) in [5.74, 6) is 0.518. The molecule has 1 unspecified atom stereocenters. The summed E-state index contributed by atoms with van der Waals surface area (Å²) < 4.78 is 0. The maximum absolute atomic E-state index is 4.12. The van der Waals surface area contributed by atoms with Gasteiger partial charge < -0.3 is 0 Å². The van der Waals surface area contributed by atoms with E-state index in [0.717, 1.165) is 0 Å². The van der Waals surface area contributed by atoms with Crippen molar-refractivity contribution in [3.8, 4) is 0 Å². The van der Waals surface area contributed by atoms with Gasteiger partial charge in [0.15, 0.2) is 0 Å². The molecule has 0 aromatic rings. The van der Waals surface area contributed by atoms with Crippen LogP contribution in [0.2, 0.25) is 0 Å². The molecule has 0 heterocycles. The minimum absolute atomic E-state index is 0.306. The van der Waals surface area contributed by atoms with E-state index in [-0.39, 0.29) is 0 Å². The van der Waals surface area contributed by atoms with E-state index in [9.17, 15) is 0 Å². The first-order valence-corrected chi connectivity index (χ1v) is 4.95. The highest BCUT2D eigenvalue weighted by molar-refractivity contribution is 5.15. The highest BCUT2D eigenvalue weighted by atomic mass is 15.1. The van der Waals surface area contributed by atoms with E-state index >= 15 is 0 Å². The van der Waals surface area contributed by atoms with Gasteiger partial charge in [0.25, 0.3) is 0 Å². The Balaban J connectivity index is 4.50. The Morgan fingerprint density at radius 1 is 1.23 bits per heavy atom. The Bertz CT molecular complexity index is 180. The van der Waals surface area contributed by atoms with E-state index in [1.54, 1.807) is 0 Å². The number of hydrogen-bond donors (Lipinski definition) is 0. The second kappa shape index (κ2) is 5.23. The predicted octanol–water partition coefficient (Wildman–Crippen LogP) is 3.09. The van der Waals surface area contributed by atoms with Crippen molar-refractivity contribution in [1.82, 2.24) is 4.90 Å². The van der Waals surface area contributed by atoms with Gasteiger partial charge in [-0.3, -0.25) is 4.90 Å². The van der Waals surface area contributed by atoms with Crippen LogP contribution < -0.4 is 0 Å². The summed E-state index contributed by atoms with van der Waals surface area (Å²) in [4.78, 5) is 2.29. The largest absolute Gasteiger partial charge is 0.294 e. The van der Waals surface area contributed by atoms with E-state index in [1.165, 1.54) is 5.57 Å². The lowest BCUT2D eigenvalue weighted by Gasteiger charge is -2.32. The maximum Gasteiger partial charge on any atom is 0.0488 e. The smallest absolute Gasteiger partial charge is 0.0488 e. The van der Waals surface area contributed by atoms with Crippen LogP contribution in [0.4, 0.5) is 0 Å². The van der Waals surface area contributed by atoms with Gasteiger partial charge in [0.2, 0.25) is 0 Å². The van der Waals surface area contributed by atoms with Gasteiger partial charge in [-0.15, -0.1) is 6.58 Å². The lowest BCUT2D eigenvalue weighted by Crippen LogP contribution is -2.37. The predicted molar refractivity (Wildman–Crippen MR) is 60.9 cm³/mol. The van der Waals surface area contributed by atoms with Crippen LogP contribution in [-0.2, 0) is 0 Å². The number of nitrogens with zero attached hydrogens (tertiary/aromatic N) is 1. The van der Waals surface area contributed by atoms with Crippen molar-refractivity contribution in [2.75, 3.05) is 7.05 Å². The van der Waals surface area contributed by atoms with E-state index < -0.39 is 0 Å². The molecule has 0 spiro atoms. The molecule has 0 bridgehead atoms. The van der Waals surface area contributed by atoms with E-state index in [2.05, 4.69) is 52.8 Å². The summed E-state index contributed by atoms with van der Waals surface area (Å²) in [6, 6.07) is 0.832. The first kappa shape index (κ1) is 12.4. The Morgan fingerprint density at radius 2 is 1.69 bits per heavy atom. The average molecular weight is 181 g/mol. The standard InChI is InChI=1S/C12H23N/c1-8-12(11(6)9(2)3)13(7)10(4)5/h8-10,12H,1,6H2,2-5,7H3. The van der Waals surface area contributed by atoms with Crippen LogP contribution in [0.25, 0.3) is 0 Å². The van der Waals surface area contributed by atoms with Gasteiger partial charge in [-0.05, 0) is 26.8 Å². The van der Waals surface area contributed by atoms with Gasteiger partial charge >= 0.3 is 0 Å². The monoisotopic (exact) mass is 181 g/mol. The zero-order chi connectivity index (χ0) is 10.6. The lowest BCUT2D eigenvalue weighted by molar-refractivity contribution is 0.244. The van der Waals surface area contributed by atoms with Gasteiger partial charge in [0.1, 0.15) is 0 Å². The fourth-order valence-electron chi connectivity index (χ4n) is 1.24. The average Bonchev–Trinajstić information content (AvgIpc) is 2.04. The molecule has 0 amide bonds. The van der Waals surface area contributed by atoms with E-state index in [4.69, 9.17) is 0 Å². The molecule has 0 aromatic heterocycles. The Kier molecular flexibility index (Phi) is 5.01. The first-order chi connectivity index (χ1) is 5.91. The number of hydrogen-bond acceptors (Lipinski definition) is 1. The molecule has 1 heteroatoms. The highest BCUT2D eigenvalue weighted by Gasteiger charge is 2.18. The molecule has 76 valence electrons. The van der Waals surface area contributed by atoms with Gasteiger partial charge in [-0.25, -0.2) is 0 Å². The summed E-state index contributed by atoms with van der Waals surface area (Å²) in [5, 5.41) is 0. The van der Waals surface area contributed by atoms with E-state index in [1.807, 2.05) is 6.08 Å². The fraction of sp³-hybridized carbons (Fsp3) is 0.667. The molecule has 0 fully saturated rings. The molecular formula is C12H23N. The van der Waals surface area contributed by atoms with Crippen molar-refractivity contribution < 1.29 is 0 Å². The Hall–Kier alpha value is -0.560. The quantitative estimate of drug-likeness (QED) is 0.589. The van der Waals surface area contributed by atoms with Crippen LogP contribution >= 0.6 is 0 Å². The molecule has 13 heavy (non-hydrogen) atoms. The Morgan fingerprint density at radius 3 is 1.92 bits per heavy atom. The number of rotatable bonds is 5. The molecule has 0 aromatic carbocycles. The normalized spacial score (nSPS) is 13.8. The highest BCUT2D eigenvalue weighted by Crippen LogP contribution is 2.18. The van der Waals surface area contributed by atoms with Gasteiger partial charge in [-0.1, -0.05) is 32.1 Å². The van der Waals surface area contributed by atoms with Gasteiger partial charge in [0, 0.05) is 12.1 Å². The van der Waals surface area contributed by atoms with Crippen LogP contribution in [0, 0.1) is 5.92 Å². The zero-order valence-electron chi connectivity index (χ0n) is 9.67. The molecule has 0 aliphatic rings. The Labute approximate surface area is 83.1 Å². The maximum atomic E-state index is 4.12. The molecule has 0 saturated heterocycles. The van der Waals surface area contributed by atoms with Crippen molar-refractivity contribution >= 4 is 0 Å². The first-order valence-electron chi connectivity index (χ1n) is 4.95.